The van der Waals surface area contributed by atoms with Crippen molar-refractivity contribution in [1.82, 2.24) is 4.98 Å². The number of fused-ring (bicyclic) bond motifs is 7. The summed E-state index contributed by atoms with van der Waals surface area (Å²) in [5.41, 5.74) is 3.04. The zero-order valence-electron chi connectivity index (χ0n) is 25.8. The molecular formula is C36H51NO3. The van der Waals surface area contributed by atoms with Gasteiger partial charge in [0.15, 0.2) is 0 Å². The maximum absolute atomic E-state index is 13.0. The molecule has 0 spiro atoms. The Morgan fingerprint density at radius 3 is 2.45 bits per heavy atom. The Hall–Kier alpha value is -1.94. The van der Waals surface area contributed by atoms with Crippen molar-refractivity contribution >= 4 is 12.0 Å². The van der Waals surface area contributed by atoms with Crippen LogP contribution in [0.2, 0.25) is 0 Å². The number of aliphatic hydroxyl groups excluding tert-OH is 1. The highest BCUT2D eigenvalue weighted by Gasteiger charge is 2.69. The summed E-state index contributed by atoms with van der Waals surface area (Å²) in [4.78, 5) is 17.3. The van der Waals surface area contributed by atoms with E-state index in [0.717, 1.165) is 62.5 Å². The van der Waals surface area contributed by atoms with Crippen LogP contribution < -0.4 is 0 Å². The Balaban J connectivity index is 1.45. The van der Waals surface area contributed by atoms with Crippen LogP contribution in [0.5, 0.6) is 0 Å². The van der Waals surface area contributed by atoms with E-state index in [1.165, 1.54) is 5.57 Å². The first-order chi connectivity index (χ1) is 18.7. The summed E-state index contributed by atoms with van der Waals surface area (Å²) < 4.78 is 0. The number of carboxylic acid groups (broad SMARTS) is 1. The molecule has 4 saturated carbocycles. The lowest BCUT2D eigenvalue weighted by Gasteiger charge is -2.71. The highest BCUT2D eigenvalue weighted by molar-refractivity contribution is 5.76. The van der Waals surface area contributed by atoms with E-state index in [-0.39, 0.29) is 27.6 Å². The molecule has 5 aliphatic rings. The molecule has 0 bridgehead atoms. The van der Waals surface area contributed by atoms with E-state index in [1.54, 1.807) is 6.20 Å². The zero-order chi connectivity index (χ0) is 28.9. The molecule has 0 amide bonds. The summed E-state index contributed by atoms with van der Waals surface area (Å²) in [6, 6.07) is 4.05. The zero-order valence-corrected chi connectivity index (χ0v) is 25.8. The van der Waals surface area contributed by atoms with Gasteiger partial charge in [0.25, 0.3) is 0 Å². The maximum Gasteiger partial charge on any atom is 0.310 e. The predicted octanol–water partition coefficient (Wildman–Crippen LogP) is 8.18. The van der Waals surface area contributed by atoms with Crippen molar-refractivity contribution in [2.45, 2.75) is 106 Å². The molecule has 40 heavy (non-hydrogen) atoms. The van der Waals surface area contributed by atoms with Gasteiger partial charge in [-0.2, -0.15) is 0 Å². The third kappa shape index (κ3) is 3.53. The SMILES string of the molecule is C[C@H]1[C@H](C)CC[C@]2(C(=O)O)CC[C@]3(C)C(=CC[C@@H]4[C@@]5(C)C/C(=C/c6cccnc6)[C@H](O)C(C)(C)[C@@H]5CC[C@]43C)[C@H]12. The number of carboxylic acids is 1. The number of rotatable bonds is 2. The number of allylic oxidation sites excluding steroid dienone is 2. The molecule has 0 unspecified atom stereocenters. The topological polar surface area (TPSA) is 70.4 Å². The fourth-order valence-corrected chi connectivity index (χ4v) is 11.7. The van der Waals surface area contributed by atoms with Gasteiger partial charge in [-0.3, -0.25) is 9.78 Å². The molecule has 4 fully saturated rings. The lowest BCUT2D eigenvalue weighted by Crippen LogP contribution is -2.65. The normalized spacial score (nSPS) is 48.7. The van der Waals surface area contributed by atoms with Gasteiger partial charge in [-0.05, 0) is 120 Å². The fraction of sp³-hybridized carbons (Fsp3) is 0.722. The minimum Gasteiger partial charge on any atom is -0.481 e. The van der Waals surface area contributed by atoms with Crippen LogP contribution in [-0.4, -0.2) is 27.3 Å². The minimum atomic E-state index is -0.599. The number of aromatic nitrogens is 1. The Labute approximate surface area is 241 Å². The van der Waals surface area contributed by atoms with E-state index in [0.29, 0.717) is 23.7 Å². The average Bonchev–Trinajstić information content (AvgIpc) is 2.90. The number of pyridine rings is 1. The molecule has 5 aliphatic carbocycles. The second-order valence-corrected chi connectivity index (χ2v) is 16.0. The largest absolute Gasteiger partial charge is 0.481 e. The van der Waals surface area contributed by atoms with E-state index in [4.69, 9.17) is 0 Å². The van der Waals surface area contributed by atoms with Gasteiger partial charge in [0, 0.05) is 12.4 Å². The summed E-state index contributed by atoms with van der Waals surface area (Å²) in [5.74, 6) is 1.45. The van der Waals surface area contributed by atoms with E-state index in [2.05, 4.69) is 71.7 Å². The fourth-order valence-electron chi connectivity index (χ4n) is 11.7. The Bertz CT molecular complexity index is 1250. The Morgan fingerprint density at radius 2 is 1.77 bits per heavy atom. The molecule has 0 aliphatic heterocycles. The van der Waals surface area contributed by atoms with Crippen LogP contribution in [0.3, 0.4) is 0 Å². The van der Waals surface area contributed by atoms with Crippen molar-refractivity contribution in [3.05, 3.63) is 47.3 Å². The van der Waals surface area contributed by atoms with Crippen LogP contribution >= 0.6 is 0 Å². The highest BCUT2D eigenvalue weighted by atomic mass is 16.4. The smallest absolute Gasteiger partial charge is 0.310 e. The number of aliphatic hydroxyl groups is 1. The molecule has 218 valence electrons. The molecule has 1 aromatic rings. The number of hydrogen-bond acceptors (Lipinski definition) is 3. The second-order valence-electron chi connectivity index (χ2n) is 16.0. The summed E-state index contributed by atoms with van der Waals surface area (Å²) in [6.45, 7) is 16.9. The second kappa shape index (κ2) is 9.03. The average molecular weight is 546 g/mol. The molecule has 6 rings (SSSR count). The summed E-state index contributed by atoms with van der Waals surface area (Å²) in [6.07, 6.45) is 15.8. The molecule has 0 saturated heterocycles. The Kier molecular flexibility index (Phi) is 6.36. The monoisotopic (exact) mass is 545 g/mol. The first-order valence-electron chi connectivity index (χ1n) is 15.9. The van der Waals surface area contributed by atoms with Gasteiger partial charge in [-0.15, -0.1) is 0 Å². The number of aliphatic carboxylic acids is 1. The van der Waals surface area contributed by atoms with Crippen LogP contribution in [-0.2, 0) is 4.79 Å². The molecule has 4 heteroatoms. The van der Waals surface area contributed by atoms with Crippen LogP contribution in [0.25, 0.3) is 6.08 Å². The van der Waals surface area contributed by atoms with Crippen molar-refractivity contribution < 1.29 is 15.0 Å². The Morgan fingerprint density at radius 1 is 1.02 bits per heavy atom. The van der Waals surface area contributed by atoms with Crippen LogP contribution in [0.4, 0.5) is 0 Å². The van der Waals surface area contributed by atoms with Gasteiger partial charge < -0.3 is 10.2 Å². The number of nitrogens with zero attached hydrogens (tertiary/aromatic N) is 1. The van der Waals surface area contributed by atoms with Gasteiger partial charge in [-0.1, -0.05) is 72.3 Å². The van der Waals surface area contributed by atoms with Crippen LogP contribution in [0, 0.1) is 56.7 Å². The van der Waals surface area contributed by atoms with E-state index < -0.39 is 17.5 Å². The number of hydrogen-bond donors (Lipinski definition) is 2. The molecule has 1 aromatic heterocycles. The third-order valence-corrected chi connectivity index (χ3v) is 14.3. The predicted molar refractivity (Wildman–Crippen MR) is 160 cm³/mol. The molecule has 0 aromatic carbocycles. The quantitative estimate of drug-likeness (QED) is 0.368. The minimum absolute atomic E-state index is 0.00622. The van der Waals surface area contributed by atoms with Crippen molar-refractivity contribution in [2.75, 3.05) is 0 Å². The van der Waals surface area contributed by atoms with Gasteiger partial charge in [0.05, 0.1) is 11.5 Å². The maximum atomic E-state index is 13.0. The molecule has 4 nitrogen and oxygen atoms in total. The molecule has 1 heterocycles. The van der Waals surface area contributed by atoms with Crippen molar-refractivity contribution in [2.24, 2.45) is 56.7 Å². The van der Waals surface area contributed by atoms with Crippen LogP contribution in [0.15, 0.2) is 41.7 Å². The van der Waals surface area contributed by atoms with Gasteiger partial charge in [0.1, 0.15) is 0 Å². The standard InChI is InChI=1S/C36H51NO3/c1-22-12-15-36(31(39)40)17-16-34(6)26(29(36)23(22)2)10-11-28-33(5)20-25(19-24-9-8-18-37-21-24)30(38)32(3,4)27(33)13-14-35(28,34)7/h8-10,18-19,21-23,27-30,38H,11-17,20H2,1-7H3,(H,39,40)/b25-19-/t22-,23+,27+,28-,29+,30+,33+,34-,35-,36+/m1/s1. The number of carbonyl (C=O) groups is 1. The van der Waals surface area contributed by atoms with Gasteiger partial charge >= 0.3 is 5.97 Å². The van der Waals surface area contributed by atoms with Gasteiger partial charge in [-0.25, -0.2) is 0 Å². The third-order valence-electron chi connectivity index (χ3n) is 14.3. The van der Waals surface area contributed by atoms with E-state index >= 15 is 0 Å². The molecule has 2 N–H and O–H groups in total. The van der Waals surface area contributed by atoms with Crippen LogP contribution in [0.1, 0.15) is 105 Å². The van der Waals surface area contributed by atoms with Crippen molar-refractivity contribution in [1.29, 1.82) is 0 Å². The molecule has 10 atom stereocenters. The first-order valence-corrected chi connectivity index (χ1v) is 15.9. The first kappa shape index (κ1) is 28.2. The van der Waals surface area contributed by atoms with Gasteiger partial charge in [0.2, 0.25) is 0 Å². The summed E-state index contributed by atoms with van der Waals surface area (Å²) >= 11 is 0. The lowest BCUT2D eigenvalue weighted by molar-refractivity contribution is -0.195. The molecule has 0 radical (unpaired) electrons. The summed E-state index contributed by atoms with van der Waals surface area (Å²) in [5, 5.41) is 22.4. The molecular weight excluding hydrogens is 494 g/mol. The van der Waals surface area contributed by atoms with E-state index in [9.17, 15) is 15.0 Å². The summed E-state index contributed by atoms with van der Waals surface area (Å²) in [7, 11) is 0. The lowest BCUT2D eigenvalue weighted by atomic mass is 9.33. The van der Waals surface area contributed by atoms with Crippen molar-refractivity contribution in [3.63, 3.8) is 0 Å². The van der Waals surface area contributed by atoms with E-state index in [1.807, 2.05) is 12.3 Å². The highest BCUT2D eigenvalue weighted by Crippen LogP contribution is 2.76. The van der Waals surface area contributed by atoms with Crippen molar-refractivity contribution in [3.8, 4) is 0 Å².